The van der Waals surface area contributed by atoms with Crippen LogP contribution in [0.2, 0.25) is 0 Å². The molecule has 0 N–H and O–H groups in total. The molecule has 0 atom stereocenters. The van der Waals surface area contributed by atoms with Crippen molar-refractivity contribution in [2.45, 2.75) is 25.6 Å². The molecule has 4 nitrogen and oxygen atoms in total. The van der Waals surface area contributed by atoms with Gasteiger partial charge in [0.1, 0.15) is 11.5 Å². The van der Waals surface area contributed by atoms with Gasteiger partial charge in [0.15, 0.2) is 5.76 Å². The van der Waals surface area contributed by atoms with Gasteiger partial charge in [0.05, 0.1) is 12.5 Å². The van der Waals surface area contributed by atoms with E-state index in [0.29, 0.717) is 24.7 Å². The maximum atomic E-state index is 12.2. The van der Waals surface area contributed by atoms with Crippen LogP contribution in [0.25, 0.3) is 0 Å². The molecule has 0 unspecified atom stereocenters. The van der Waals surface area contributed by atoms with Crippen molar-refractivity contribution in [2.75, 3.05) is 20.2 Å². The first-order valence-corrected chi connectivity index (χ1v) is 8.29. The van der Waals surface area contributed by atoms with E-state index in [0.717, 1.165) is 18.6 Å². The van der Waals surface area contributed by atoms with Crippen molar-refractivity contribution in [1.82, 2.24) is 4.90 Å². The summed E-state index contributed by atoms with van der Waals surface area (Å²) < 4.78 is 11.1. The molecular weight excluding hydrogens is 314 g/mol. The lowest BCUT2D eigenvalue weighted by molar-refractivity contribution is 0.0755. The zero-order valence-corrected chi connectivity index (χ0v) is 14.3. The van der Waals surface area contributed by atoms with Gasteiger partial charge in [-0.1, -0.05) is 19.1 Å². The standard InChI is InChI=1S/C18H22ClNO3/c1-3-14-6-4-7-15(12-14)22-11-5-10-20(2)18(21)17-9-8-16(13-19)23-17/h4,6-9,12H,3,5,10-11,13H2,1-2H3. The van der Waals surface area contributed by atoms with Crippen LogP contribution in [0.15, 0.2) is 40.8 Å². The predicted octanol–water partition coefficient (Wildman–Crippen LogP) is 4.12. The van der Waals surface area contributed by atoms with Gasteiger partial charge in [-0.25, -0.2) is 0 Å². The van der Waals surface area contributed by atoms with Crippen LogP contribution in [0.3, 0.4) is 0 Å². The highest BCUT2D eigenvalue weighted by atomic mass is 35.5. The third-order valence-corrected chi connectivity index (χ3v) is 3.83. The second-order valence-corrected chi connectivity index (χ2v) is 5.60. The van der Waals surface area contributed by atoms with E-state index in [1.165, 1.54) is 5.56 Å². The number of halogens is 1. The number of alkyl halides is 1. The molecule has 5 heteroatoms. The largest absolute Gasteiger partial charge is 0.494 e. The SMILES string of the molecule is CCc1cccc(OCCCN(C)C(=O)c2ccc(CCl)o2)c1. The number of carbonyl (C=O) groups excluding carboxylic acids is 1. The molecule has 0 radical (unpaired) electrons. The first-order chi connectivity index (χ1) is 11.1. The molecule has 1 amide bonds. The monoisotopic (exact) mass is 335 g/mol. The lowest BCUT2D eigenvalue weighted by Crippen LogP contribution is -2.28. The van der Waals surface area contributed by atoms with Crippen LogP contribution in [0, 0.1) is 0 Å². The second kappa shape index (κ2) is 8.63. The van der Waals surface area contributed by atoms with E-state index >= 15 is 0 Å². The van der Waals surface area contributed by atoms with Gasteiger partial charge in [0, 0.05) is 13.6 Å². The Hall–Kier alpha value is -1.94. The van der Waals surface area contributed by atoms with Gasteiger partial charge in [0.25, 0.3) is 5.91 Å². The number of benzene rings is 1. The Kier molecular flexibility index (Phi) is 6.53. The van der Waals surface area contributed by atoms with Crippen molar-refractivity contribution < 1.29 is 13.9 Å². The summed E-state index contributed by atoms with van der Waals surface area (Å²) in [5.74, 6) is 1.91. The van der Waals surface area contributed by atoms with Crippen molar-refractivity contribution in [3.8, 4) is 5.75 Å². The third kappa shape index (κ3) is 5.03. The van der Waals surface area contributed by atoms with Gasteiger partial charge in [-0.2, -0.15) is 0 Å². The molecule has 0 fully saturated rings. The Labute approximate surface area is 142 Å². The number of ether oxygens (including phenoxy) is 1. The van der Waals surface area contributed by atoms with Crippen molar-refractivity contribution in [2.24, 2.45) is 0 Å². The lowest BCUT2D eigenvalue weighted by atomic mass is 10.2. The molecule has 0 bridgehead atoms. The molecule has 124 valence electrons. The van der Waals surface area contributed by atoms with E-state index in [-0.39, 0.29) is 11.8 Å². The van der Waals surface area contributed by atoms with Crippen LogP contribution in [0.4, 0.5) is 0 Å². The number of furan rings is 1. The smallest absolute Gasteiger partial charge is 0.289 e. The number of aryl methyl sites for hydroxylation is 1. The summed E-state index contributed by atoms with van der Waals surface area (Å²) in [4.78, 5) is 13.8. The van der Waals surface area contributed by atoms with Crippen LogP contribution in [-0.4, -0.2) is 31.0 Å². The van der Waals surface area contributed by atoms with E-state index < -0.39 is 0 Å². The quantitative estimate of drug-likeness (QED) is 0.538. The molecule has 2 aromatic rings. The second-order valence-electron chi connectivity index (χ2n) is 5.33. The number of hydrogen-bond donors (Lipinski definition) is 0. The molecule has 0 spiro atoms. The van der Waals surface area contributed by atoms with Gasteiger partial charge in [-0.05, 0) is 42.7 Å². The fraction of sp³-hybridized carbons (Fsp3) is 0.389. The molecule has 0 aliphatic heterocycles. The van der Waals surface area contributed by atoms with Gasteiger partial charge in [-0.3, -0.25) is 4.79 Å². The Morgan fingerprint density at radius 3 is 2.83 bits per heavy atom. The van der Waals surface area contributed by atoms with Crippen LogP contribution in [-0.2, 0) is 12.3 Å². The molecule has 1 aromatic carbocycles. The molecule has 0 saturated carbocycles. The van der Waals surface area contributed by atoms with E-state index in [2.05, 4.69) is 13.0 Å². The molecule has 23 heavy (non-hydrogen) atoms. The Bertz CT molecular complexity index is 639. The zero-order valence-electron chi connectivity index (χ0n) is 13.5. The number of nitrogens with zero attached hydrogens (tertiary/aromatic N) is 1. The van der Waals surface area contributed by atoms with E-state index in [1.807, 2.05) is 18.2 Å². The van der Waals surface area contributed by atoms with Crippen molar-refractivity contribution in [1.29, 1.82) is 0 Å². The number of carbonyl (C=O) groups is 1. The summed E-state index contributed by atoms with van der Waals surface area (Å²) in [7, 11) is 1.75. The van der Waals surface area contributed by atoms with E-state index in [9.17, 15) is 4.79 Å². The molecular formula is C18H22ClNO3. The maximum absolute atomic E-state index is 12.2. The summed E-state index contributed by atoms with van der Waals surface area (Å²) in [6.45, 7) is 3.28. The first-order valence-electron chi connectivity index (χ1n) is 7.76. The topological polar surface area (TPSA) is 42.7 Å². The highest BCUT2D eigenvalue weighted by molar-refractivity contribution is 6.16. The van der Waals surface area contributed by atoms with Crippen LogP contribution < -0.4 is 4.74 Å². The summed E-state index contributed by atoms with van der Waals surface area (Å²) in [5.41, 5.74) is 1.25. The lowest BCUT2D eigenvalue weighted by Gasteiger charge is -2.16. The summed E-state index contributed by atoms with van der Waals surface area (Å²) in [5, 5.41) is 0. The van der Waals surface area contributed by atoms with Crippen molar-refractivity contribution in [3.63, 3.8) is 0 Å². The Morgan fingerprint density at radius 2 is 2.13 bits per heavy atom. The summed E-state index contributed by atoms with van der Waals surface area (Å²) in [6, 6.07) is 11.4. The normalized spacial score (nSPS) is 10.6. The number of amides is 1. The minimum absolute atomic E-state index is 0.144. The highest BCUT2D eigenvalue weighted by Crippen LogP contribution is 2.14. The minimum atomic E-state index is -0.144. The molecule has 1 heterocycles. The number of rotatable bonds is 8. The first kappa shape index (κ1) is 17.4. The predicted molar refractivity (Wildman–Crippen MR) is 91.2 cm³/mol. The van der Waals surface area contributed by atoms with Crippen LogP contribution >= 0.6 is 11.6 Å². The average Bonchev–Trinajstić information content (AvgIpc) is 3.07. The molecule has 1 aromatic heterocycles. The zero-order chi connectivity index (χ0) is 16.7. The fourth-order valence-electron chi connectivity index (χ4n) is 2.20. The van der Waals surface area contributed by atoms with Gasteiger partial charge in [-0.15, -0.1) is 11.6 Å². The summed E-state index contributed by atoms with van der Waals surface area (Å²) in [6.07, 6.45) is 1.74. The summed E-state index contributed by atoms with van der Waals surface area (Å²) >= 11 is 5.67. The Balaban J connectivity index is 1.75. The van der Waals surface area contributed by atoms with Crippen molar-refractivity contribution in [3.05, 3.63) is 53.5 Å². The average molecular weight is 336 g/mol. The minimum Gasteiger partial charge on any atom is -0.494 e. The fourth-order valence-corrected chi connectivity index (χ4v) is 2.34. The number of hydrogen-bond acceptors (Lipinski definition) is 3. The third-order valence-electron chi connectivity index (χ3n) is 3.56. The van der Waals surface area contributed by atoms with Crippen LogP contribution in [0.1, 0.15) is 35.2 Å². The Morgan fingerprint density at radius 1 is 1.30 bits per heavy atom. The molecule has 0 aliphatic rings. The van der Waals surface area contributed by atoms with Crippen LogP contribution in [0.5, 0.6) is 5.75 Å². The van der Waals surface area contributed by atoms with E-state index in [4.69, 9.17) is 20.8 Å². The van der Waals surface area contributed by atoms with Crippen molar-refractivity contribution >= 4 is 17.5 Å². The molecule has 0 saturated heterocycles. The van der Waals surface area contributed by atoms with Gasteiger partial charge in [0.2, 0.25) is 0 Å². The molecule has 2 rings (SSSR count). The maximum Gasteiger partial charge on any atom is 0.289 e. The van der Waals surface area contributed by atoms with E-state index in [1.54, 1.807) is 24.1 Å². The highest BCUT2D eigenvalue weighted by Gasteiger charge is 2.15. The van der Waals surface area contributed by atoms with Gasteiger partial charge >= 0.3 is 0 Å². The molecule has 0 aliphatic carbocycles. The van der Waals surface area contributed by atoms with Gasteiger partial charge < -0.3 is 14.1 Å².